The predicted octanol–water partition coefficient (Wildman–Crippen LogP) is 2.62. The molecule has 0 aromatic heterocycles. The second-order valence-electron chi connectivity index (χ2n) is 7.26. The number of nitrogens with zero attached hydrogens (tertiary/aromatic N) is 1. The van der Waals surface area contributed by atoms with Gasteiger partial charge in [0.15, 0.2) is 11.5 Å². The fourth-order valence-corrected chi connectivity index (χ4v) is 5.10. The Hall–Kier alpha value is -2.33. The summed E-state index contributed by atoms with van der Waals surface area (Å²) in [6.07, 6.45) is 0. The third-order valence-electron chi connectivity index (χ3n) is 5.20. The summed E-state index contributed by atoms with van der Waals surface area (Å²) in [5.74, 6) is 0.825. The molecule has 1 amide bonds. The highest BCUT2D eigenvalue weighted by Crippen LogP contribution is 2.33. The maximum Gasteiger partial charge on any atom is 0.253 e. The van der Waals surface area contributed by atoms with Crippen LogP contribution in [0.1, 0.15) is 28.9 Å². The van der Waals surface area contributed by atoms with Gasteiger partial charge >= 0.3 is 0 Å². The Balaban J connectivity index is 1.53. The molecule has 2 heterocycles. The summed E-state index contributed by atoms with van der Waals surface area (Å²) in [7, 11) is -3.74. The van der Waals surface area contributed by atoms with E-state index in [0.717, 1.165) is 5.56 Å². The molecule has 0 bridgehead atoms. The maximum absolute atomic E-state index is 12.9. The number of hydrogen-bond acceptors (Lipinski definition) is 6. The van der Waals surface area contributed by atoms with Gasteiger partial charge in [-0.3, -0.25) is 4.79 Å². The number of halogens is 1. The van der Waals surface area contributed by atoms with Gasteiger partial charge in [0.1, 0.15) is 13.2 Å². The lowest BCUT2D eigenvalue weighted by atomic mass is 10.1. The van der Waals surface area contributed by atoms with Gasteiger partial charge in [-0.05, 0) is 42.8 Å². The first kappa shape index (κ1) is 21.9. The lowest BCUT2D eigenvalue weighted by Gasteiger charge is -2.26. The van der Waals surface area contributed by atoms with Crippen LogP contribution in [0.4, 0.5) is 0 Å². The highest BCUT2D eigenvalue weighted by atomic mass is 35.5. The second-order valence-corrected chi connectivity index (χ2v) is 9.60. The lowest BCUT2D eigenvalue weighted by Crippen LogP contribution is -2.40. The molecule has 1 unspecified atom stereocenters. The molecule has 2 aromatic carbocycles. The van der Waals surface area contributed by atoms with E-state index in [1.807, 2.05) is 19.1 Å². The normalized spacial score (nSPS) is 17.7. The van der Waals surface area contributed by atoms with E-state index >= 15 is 0 Å². The van der Waals surface area contributed by atoms with Crippen LogP contribution in [0, 0.1) is 0 Å². The van der Waals surface area contributed by atoms with Crippen LogP contribution < -0.4 is 14.8 Å². The molecule has 31 heavy (non-hydrogen) atoms. The molecule has 0 saturated carbocycles. The molecule has 1 atom stereocenters. The summed E-state index contributed by atoms with van der Waals surface area (Å²) in [5, 5.41) is 3.04. The fourth-order valence-electron chi connectivity index (χ4n) is 3.46. The molecule has 0 spiro atoms. The first-order chi connectivity index (χ1) is 14.9. The van der Waals surface area contributed by atoms with E-state index in [1.165, 1.54) is 22.5 Å². The first-order valence-electron chi connectivity index (χ1n) is 9.94. The topological polar surface area (TPSA) is 94.2 Å². The van der Waals surface area contributed by atoms with E-state index in [-0.39, 0.29) is 34.6 Å². The molecular formula is C21H23ClN2O6S. The van der Waals surface area contributed by atoms with Crippen LogP contribution in [0.2, 0.25) is 5.02 Å². The maximum atomic E-state index is 12.9. The van der Waals surface area contributed by atoms with E-state index < -0.39 is 15.9 Å². The molecule has 1 saturated heterocycles. The number of hydrogen-bond donors (Lipinski definition) is 1. The van der Waals surface area contributed by atoms with Crippen LogP contribution in [-0.4, -0.2) is 58.1 Å². The Kier molecular flexibility index (Phi) is 6.38. The minimum atomic E-state index is -3.74. The molecule has 4 rings (SSSR count). The zero-order valence-corrected chi connectivity index (χ0v) is 18.5. The predicted molar refractivity (Wildman–Crippen MR) is 114 cm³/mol. The number of benzene rings is 2. The van der Waals surface area contributed by atoms with Crippen LogP contribution in [0.15, 0.2) is 41.3 Å². The third kappa shape index (κ3) is 4.64. The van der Waals surface area contributed by atoms with Crippen molar-refractivity contribution in [1.82, 2.24) is 9.62 Å². The van der Waals surface area contributed by atoms with Crippen molar-refractivity contribution in [3.8, 4) is 11.5 Å². The van der Waals surface area contributed by atoms with Crippen LogP contribution in [0.25, 0.3) is 0 Å². The van der Waals surface area contributed by atoms with Crippen molar-refractivity contribution in [2.45, 2.75) is 17.9 Å². The van der Waals surface area contributed by atoms with Gasteiger partial charge in [0.25, 0.3) is 5.91 Å². The third-order valence-corrected chi connectivity index (χ3v) is 7.43. The molecule has 0 aliphatic carbocycles. The smallest absolute Gasteiger partial charge is 0.253 e. The number of ether oxygens (including phenoxy) is 3. The van der Waals surface area contributed by atoms with Crippen molar-refractivity contribution in [3.63, 3.8) is 0 Å². The first-order valence-corrected chi connectivity index (χ1v) is 11.8. The van der Waals surface area contributed by atoms with Gasteiger partial charge in [0.2, 0.25) is 10.0 Å². The highest BCUT2D eigenvalue weighted by Gasteiger charge is 2.28. The number of carbonyl (C=O) groups is 1. The molecule has 10 heteroatoms. The average Bonchev–Trinajstić information content (AvgIpc) is 2.79. The van der Waals surface area contributed by atoms with Gasteiger partial charge in [0, 0.05) is 13.1 Å². The van der Waals surface area contributed by atoms with E-state index in [2.05, 4.69) is 5.32 Å². The number of sulfonamides is 1. The van der Waals surface area contributed by atoms with Gasteiger partial charge in [-0.1, -0.05) is 17.7 Å². The number of carbonyl (C=O) groups excluding carboxylic acids is 1. The zero-order chi connectivity index (χ0) is 22.0. The Labute approximate surface area is 186 Å². The van der Waals surface area contributed by atoms with Gasteiger partial charge in [-0.2, -0.15) is 4.31 Å². The van der Waals surface area contributed by atoms with E-state index in [1.54, 1.807) is 6.07 Å². The van der Waals surface area contributed by atoms with Crippen LogP contribution >= 0.6 is 11.6 Å². The summed E-state index contributed by atoms with van der Waals surface area (Å²) in [4.78, 5) is 12.9. The van der Waals surface area contributed by atoms with Crippen LogP contribution in [-0.2, 0) is 14.8 Å². The highest BCUT2D eigenvalue weighted by molar-refractivity contribution is 7.89. The SMILES string of the molecule is CC(NC(=O)c1cc(S(=O)(=O)N2CCOCC2)ccc1Cl)c1ccc2c(c1)OCCO2. The van der Waals surface area contributed by atoms with Crippen molar-refractivity contribution >= 4 is 27.5 Å². The number of amides is 1. The Morgan fingerprint density at radius 3 is 2.48 bits per heavy atom. The molecule has 1 fully saturated rings. The Morgan fingerprint density at radius 1 is 1.03 bits per heavy atom. The molecule has 2 aliphatic heterocycles. The van der Waals surface area contributed by atoms with E-state index in [9.17, 15) is 13.2 Å². The van der Waals surface area contributed by atoms with Crippen molar-refractivity contribution < 1.29 is 27.4 Å². The quantitative estimate of drug-likeness (QED) is 0.728. The van der Waals surface area contributed by atoms with Crippen molar-refractivity contribution in [2.75, 3.05) is 39.5 Å². The van der Waals surface area contributed by atoms with Crippen molar-refractivity contribution in [3.05, 3.63) is 52.5 Å². The average molecular weight is 467 g/mol. The van der Waals surface area contributed by atoms with E-state index in [4.69, 9.17) is 25.8 Å². The summed E-state index contributed by atoms with van der Waals surface area (Å²) in [6, 6.07) is 9.26. The van der Waals surface area contributed by atoms with Gasteiger partial charge in [-0.15, -0.1) is 0 Å². The largest absolute Gasteiger partial charge is 0.486 e. The molecular weight excluding hydrogens is 444 g/mol. The Morgan fingerprint density at radius 2 is 1.74 bits per heavy atom. The number of morpholine rings is 1. The number of rotatable bonds is 5. The monoisotopic (exact) mass is 466 g/mol. The lowest BCUT2D eigenvalue weighted by molar-refractivity contribution is 0.0730. The molecule has 2 aromatic rings. The fraction of sp³-hybridized carbons (Fsp3) is 0.381. The standard InChI is InChI=1S/C21H23ClN2O6S/c1-14(15-2-5-19-20(12-15)30-11-10-29-19)23-21(25)17-13-16(3-4-18(17)22)31(26,27)24-6-8-28-9-7-24/h2-5,12-14H,6-11H2,1H3,(H,23,25). The molecule has 8 nitrogen and oxygen atoms in total. The molecule has 0 radical (unpaired) electrons. The van der Waals surface area contributed by atoms with Crippen molar-refractivity contribution in [2.24, 2.45) is 0 Å². The van der Waals surface area contributed by atoms with Gasteiger partial charge in [0.05, 0.1) is 34.7 Å². The minimum absolute atomic E-state index is 0.0240. The van der Waals surface area contributed by atoms with Crippen LogP contribution in [0.5, 0.6) is 11.5 Å². The number of fused-ring (bicyclic) bond motifs is 1. The number of nitrogens with one attached hydrogen (secondary N) is 1. The molecule has 2 aliphatic rings. The summed E-state index contributed by atoms with van der Waals surface area (Å²) < 4.78 is 43.5. The zero-order valence-electron chi connectivity index (χ0n) is 17.0. The summed E-state index contributed by atoms with van der Waals surface area (Å²) >= 11 is 6.23. The van der Waals surface area contributed by atoms with Crippen molar-refractivity contribution in [1.29, 1.82) is 0 Å². The molecule has 1 N–H and O–H groups in total. The summed E-state index contributed by atoms with van der Waals surface area (Å²) in [5.41, 5.74) is 0.922. The summed E-state index contributed by atoms with van der Waals surface area (Å²) in [6.45, 7) is 4.02. The van der Waals surface area contributed by atoms with Gasteiger partial charge in [-0.25, -0.2) is 8.42 Å². The minimum Gasteiger partial charge on any atom is -0.486 e. The van der Waals surface area contributed by atoms with Crippen LogP contribution in [0.3, 0.4) is 0 Å². The Bertz CT molecular complexity index is 1090. The van der Waals surface area contributed by atoms with Gasteiger partial charge < -0.3 is 19.5 Å². The van der Waals surface area contributed by atoms with E-state index in [0.29, 0.717) is 37.9 Å². The molecule has 166 valence electrons. The second kappa shape index (κ2) is 9.04.